The third-order valence-electron chi connectivity index (χ3n) is 8.49. The van der Waals surface area contributed by atoms with E-state index in [1.807, 2.05) is 55.1 Å². The van der Waals surface area contributed by atoms with Crippen LogP contribution in [0.15, 0.2) is 48.5 Å². The Kier molecular flexibility index (Phi) is 9.47. The molecule has 0 aromatic heterocycles. The number of ether oxygens (including phenoxy) is 3. The van der Waals surface area contributed by atoms with Gasteiger partial charge >= 0.3 is 5.97 Å². The van der Waals surface area contributed by atoms with Crippen molar-refractivity contribution in [1.29, 1.82) is 0 Å². The molecule has 1 saturated heterocycles. The van der Waals surface area contributed by atoms with Crippen LogP contribution in [-0.2, 0) is 28.9 Å². The van der Waals surface area contributed by atoms with Crippen molar-refractivity contribution in [1.82, 2.24) is 4.90 Å². The predicted molar refractivity (Wildman–Crippen MR) is 167 cm³/mol. The number of hydrogen-bond donors (Lipinski definition) is 2. The van der Waals surface area contributed by atoms with Crippen molar-refractivity contribution in [3.8, 4) is 17.2 Å². The summed E-state index contributed by atoms with van der Waals surface area (Å²) in [4.78, 5) is 28.7. The van der Waals surface area contributed by atoms with Crippen LogP contribution in [0.25, 0.3) is 0 Å². The van der Waals surface area contributed by atoms with E-state index in [0.29, 0.717) is 41.7 Å². The number of fused-ring (bicyclic) bond motifs is 1. The Morgan fingerprint density at radius 1 is 1.02 bits per heavy atom. The fourth-order valence-corrected chi connectivity index (χ4v) is 6.73. The molecule has 2 N–H and O–H groups in total. The highest BCUT2D eigenvalue weighted by Gasteiger charge is 2.48. The van der Waals surface area contributed by atoms with Crippen molar-refractivity contribution >= 4 is 29.2 Å². The summed E-state index contributed by atoms with van der Waals surface area (Å²) in [6.07, 6.45) is 3.40. The van der Waals surface area contributed by atoms with Gasteiger partial charge in [0.1, 0.15) is 0 Å². The minimum atomic E-state index is -0.925. The molecule has 3 aromatic carbocycles. The maximum Gasteiger partial charge on any atom is 0.309 e. The number of aliphatic carboxylic acids is 1. The van der Waals surface area contributed by atoms with E-state index < -0.39 is 23.8 Å². The number of amides is 1. The summed E-state index contributed by atoms with van der Waals surface area (Å²) in [6, 6.07) is 15.0. The van der Waals surface area contributed by atoms with Crippen molar-refractivity contribution in [2.75, 3.05) is 32.3 Å². The number of hydrogen-bond acceptors (Lipinski definition) is 6. The molecular formula is C34H39ClN2O6. The van der Waals surface area contributed by atoms with Gasteiger partial charge in [0, 0.05) is 29.2 Å². The molecule has 2 heterocycles. The summed E-state index contributed by atoms with van der Waals surface area (Å²) in [7, 11) is 1.55. The molecule has 1 unspecified atom stereocenters. The van der Waals surface area contributed by atoms with Crippen LogP contribution in [0.1, 0.15) is 67.0 Å². The van der Waals surface area contributed by atoms with Crippen LogP contribution in [0.4, 0.5) is 5.69 Å². The summed E-state index contributed by atoms with van der Waals surface area (Å²) in [5, 5.41) is 14.4. The molecule has 2 aliphatic heterocycles. The van der Waals surface area contributed by atoms with E-state index >= 15 is 0 Å². The van der Waals surface area contributed by atoms with E-state index in [0.717, 1.165) is 40.8 Å². The summed E-state index contributed by atoms with van der Waals surface area (Å²) in [6.45, 7) is 6.65. The number of nitrogens with one attached hydrogen (secondary N) is 1. The van der Waals surface area contributed by atoms with Crippen LogP contribution in [0.3, 0.4) is 0 Å². The van der Waals surface area contributed by atoms with Crippen LogP contribution in [-0.4, -0.2) is 48.9 Å². The molecule has 2 aliphatic rings. The Morgan fingerprint density at radius 2 is 1.72 bits per heavy atom. The van der Waals surface area contributed by atoms with Gasteiger partial charge in [-0.2, -0.15) is 0 Å². The molecular weight excluding hydrogens is 568 g/mol. The number of carboxylic acid groups (broad SMARTS) is 1. The number of carboxylic acids is 1. The lowest BCUT2D eigenvalue weighted by Gasteiger charge is -2.27. The fourth-order valence-electron chi connectivity index (χ4n) is 6.47. The fraction of sp³-hybridized carbons (Fsp3) is 0.412. The van der Waals surface area contributed by atoms with Gasteiger partial charge in [-0.15, -0.1) is 0 Å². The number of methoxy groups -OCH3 is 1. The molecule has 228 valence electrons. The Bertz CT molecular complexity index is 1470. The van der Waals surface area contributed by atoms with E-state index in [1.165, 1.54) is 5.56 Å². The summed E-state index contributed by atoms with van der Waals surface area (Å²) in [5.41, 5.74) is 5.55. The Hall–Kier alpha value is -3.75. The minimum absolute atomic E-state index is 0.0261. The molecule has 0 radical (unpaired) electrons. The first kappa shape index (κ1) is 30.7. The minimum Gasteiger partial charge on any atom is -0.493 e. The number of anilines is 1. The molecule has 43 heavy (non-hydrogen) atoms. The number of rotatable bonds is 11. The van der Waals surface area contributed by atoms with Crippen molar-refractivity contribution in [2.45, 2.75) is 58.4 Å². The zero-order valence-electron chi connectivity index (χ0n) is 25.1. The first-order valence-corrected chi connectivity index (χ1v) is 15.3. The zero-order valence-corrected chi connectivity index (χ0v) is 25.9. The molecule has 0 spiro atoms. The molecule has 3 aromatic rings. The second-order valence-corrected chi connectivity index (χ2v) is 11.6. The van der Waals surface area contributed by atoms with Crippen molar-refractivity contribution in [2.24, 2.45) is 5.92 Å². The van der Waals surface area contributed by atoms with Gasteiger partial charge in [0.2, 0.25) is 18.4 Å². The van der Waals surface area contributed by atoms with E-state index in [-0.39, 0.29) is 19.2 Å². The maximum atomic E-state index is 13.7. The third kappa shape index (κ3) is 6.31. The normalized spacial score (nSPS) is 19.4. The third-order valence-corrected chi connectivity index (χ3v) is 8.71. The van der Waals surface area contributed by atoms with Crippen LogP contribution >= 0.6 is 11.6 Å². The standard InChI is InChI=1S/C34H39ClN2O6/c1-5-8-20-9-11-23(12-10-20)32-30(34(39)40)26(24-15-27(41-4)33-28(16-24)42-19-43-33)17-37(32)18-29(38)36-31-21(6-2)13-25(35)14-22(31)7-3/h9-16,26,30,32H,5-8,17-19H2,1-4H3,(H,36,38)(H,39,40)/t26-,30?,32+/m1/s1. The van der Waals surface area contributed by atoms with E-state index in [4.69, 9.17) is 25.8 Å². The lowest BCUT2D eigenvalue weighted by molar-refractivity contribution is -0.143. The highest BCUT2D eigenvalue weighted by molar-refractivity contribution is 6.30. The second kappa shape index (κ2) is 13.3. The summed E-state index contributed by atoms with van der Waals surface area (Å²) < 4.78 is 16.8. The summed E-state index contributed by atoms with van der Waals surface area (Å²) in [5.74, 6) is -0.842. The number of nitrogens with zero attached hydrogens (tertiary/aromatic N) is 1. The molecule has 0 bridgehead atoms. The Labute approximate surface area is 257 Å². The first-order valence-electron chi connectivity index (χ1n) is 14.9. The van der Waals surface area contributed by atoms with Gasteiger partial charge in [0.15, 0.2) is 11.5 Å². The topological polar surface area (TPSA) is 97.3 Å². The van der Waals surface area contributed by atoms with E-state index in [9.17, 15) is 14.7 Å². The number of benzene rings is 3. The molecule has 0 aliphatic carbocycles. The Morgan fingerprint density at radius 3 is 2.33 bits per heavy atom. The molecule has 9 heteroatoms. The van der Waals surface area contributed by atoms with Crippen LogP contribution < -0.4 is 19.5 Å². The van der Waals surface area contributed by atoms with Gasteiger partial charge in [0.05, 0.1) is 19.6 Å². The number of aryl methyl sites for hydroxylation is 3. The van der Waals surface area contributed by atoms with Crippen LogP contribution in [0.5, 0.6) is 17.2 Å². The van der Waals surface area contributed by atoms with Crippen molar-refractivity contribution in [3.05, 3.63) is 81.4 Å². The SMILES string of the molecule is CCCc1ccc([C@H]2C(C(=O)O)[C@@H](c3cc(OC)c4c(c3)OCO4)CN2CC(=O)Nc2c(CC)cc(Cl)cc2CC)cc1. The monoisotopic (exact) mass is 606 g/mol. The molecule has 5 rings (SSSR count). The molecule has 3 atom stereocenters. The average molecular weight is 607 g/mol. The number of carbonyl (C=O) groups is 2. The number of likely N-dealkylation sites (tertiary alicyclic amines) is 1. The lowest BCUT2D eigenvalue weighted by atomic mass is 9.82. The predicted octanol–water partition coefficient (Wildman–Crippen LogP) is 6.63. The Balaban J connectivity index is 1.52. The molecule has 0 saturated carbocycles. The number of halogens is 1. The smallest absolute Gasteiger partial charge is 0.309 e. The van der Waals surface area contributed by atoms with Gasteiger partial charge in [-0.05, 0) is 71.3 Å². The van der Waals surface area contributed by atoms with Gasteiger partial charge in [-0.1, -0.05) is 63.1 Å². The van der Waals surface area contributed by atoms with E-state index in [2.05, 4.69) is 24.4 Å². The van der Waals surface area contributed by atoms with E-state index in [1.54, 1.807) is 7.11 Å². The second-order valence-electron chi connectivity index (χ2n) is 11.1. The first-order chi connectivity index (χ1) is 20.8. The van der Waals surface area contributed by atoms with Crippen molar-refractivity contribution in [3.63, 3.8) is 0 Å². The van der Waals surface area contributed by atoms with Crippen molar-refractivity contribution < 1.29 is 28.9 Å². The van der Waals surface area contributed by atoms with Gasteiger partial charge in [-0.25, -0.2) is 0 Å². The zero-order chi connectivity index (χ0) is 30.7. The van der Waals surface area contributed by atoms with Crippen LogP contribution in [0.2, 0.25) is 5.02 Å². The quantitative estimate of drug-likeness (QED) is 0.253. The molecule has 1 amide bonds. The highest BCUT2D eigenvalue weighted by atomic mass is 35.5. The van der Waals surface area contributed by atoms with Crippen LogP contribution in [0, 0.1) is 5.92 Å². The molecule has 8 nitrogen and oxygen atoms in total. The number of carbonyl (C=O) groups excluding carboxylic acids is 1. The molecule has 1 fully saturated rings. The van der Waals surface area contributed by atoms with Gasteiger partial charge < -0.3 is 24.6 Å². The lowest BCUT2D eigenvalue weighted by Crippen LogP contribution is -2.35. The largest absolute Gasteiger partial charge is 0.493 e. The maximum absolute atomic E-state index is 13.7. The average Bonchev–Trinajstić information content (AvgIpc) is 3.63. The summed E-state index contributed by atoms with van der Waals surface area (Å²) >= 11 is 6.35. The highest BCUT2D eigenvalue weighted by Crippen LogP contribution is 2.50. The van der Waals surface area contributed by atoms with Gasteiger partial charge in [-0.3, -0.25) is 14.5 Å². The van der Waals surface area contributed by atoms with Gasteiger partial charge in [0.25, 0.3) is 0 Å².